The normalized spacial score (nSPS) is 12.0. The van der Waals surface area contributed by atoms with Gasteiger partial charge in [0.15, 0.2) is 0 Å². The van der Waals surface area contributed by atoms with Gasteiger partial charge in [0.25, 0.3) is 0 Å². The van der Waals surface area contributed by atoms with Crippen molar-refractivity contribution in [1.82, 2.24) is 0 Å². The summed E-state index contributed by atoms with van der Waals surface area (Å²) in [4.78, 5) is 0. The molecule has 0 heterocycles. The number of methoxy groups -OCH3 is 1. The van der Waals surface area contributed by atoms with E-state index in [1.165, 1.54) is 11.1 Å². The lowest BCUT2D eigenvalue weighted by molar-refractivity contribution is 0.415. The van der Waals surface area contributed by atoms with Gasteiger partial charge in [-0.15, -0.1) is 0 Å². The third-order valence-corrected chi connectivity index (χ3v) is 3.72. The topological polar surface area (TPSA) is 21.3 Å². The highest BCUT2D eigenvalue weighted by Gasteiger charge is 2.07. The minimum absolute atomic E-state index is 0.227. The van der Waals surface area contributed by atoms with E-state index in [9.17, 15) is 0 Å². The largest absolute Gasteiger partial charge is 0.495 e. The lowest BCUT2D eigenvalue weighted by Gasteiger charge is -2.17. The maximum absolute atomic E-state index is 6.13. The lowest BCUT2D eigenvalue weighted by Crippen LogP contribution is -2.06. The van der Waals surface area contributed by atoms with Crippen LogP contribution in [0.2, 0.25) is 5.02 Å². The average molecular weight is 290 g/mol. The summed E-state index contributed by atoms with van der Waals surface area (Å²) in [5, 5.41) is 4.06. The molecule has 0 fully saturated rings. The summed E-state index contributed by atoms with van der Waals surface area (Å²) in [5.74, 6) is 0.692. The zero-order valence-corrected chi connectivity index (χ0v) is 12.9. The van der Waals surface area contributed by atoms with Crippen LogP contribution in [0.25, 0.3) is 0 Å². The van der Waals surface area contributed by atoms with E-state index in [0.717, 1.165) is 12.1 Å². The van der Waals surface area contributed by atoms with Gasteiger partial charge in [-0.3, -0.25) is 0 Å². The molecule has 0 aromatic heterocycles. The Kier molecular flexibility index (Phi) is 4.91. The van der Waals surface area contributed by atoms with Gasteiger partial charge in [0.1, 0.15) is 5.75 Å². The molecule has 0 aliphatic heterocycles. The third-order valence-electron chi connectivity index (χ3n) is 3.42. The summed E-state index contributed by atoms with van der Waals surface area (Å²) >= 11 is 6.13. The fraction of sp³-hybridized carbons (Fsp3) is 0.294. The smallest absolute Gasteiger partial charge is 0.137 e. The van der Waals surface area contributed by atoms with Gasteiger partial charge in [0.05, 0.1) is 12.1 Å². The predicted molar refractivity (Wildman–Crippen MR) is 85.9 cm³/mol. The van der Waals surface area contributed by atoms with E-state index in [1.54, 1.807) is 7.11 Å². The maximum atomic E-state index is 6.13. The highest BCUT2D eigenvalue weighted by molar-refractivity contribution is 6.32. The molecular formula is C17H20ClNO. The molecular weight excluding hydrogens is 270 g/mol. The molecule has 0 amide bonds. The lowest BCUT2D eigenvalue weighted by atomic mass is 10.0. The summed E-state index contributed by atoms with van der Waals surface area (Å²) in [6, 6.07) is 14.6. The van der Waals surface area contributed by atoms with Crippen LogP contribution in [0.1, 0.15) is 31.0 Å². The van der Waals surface area contributed by atoms with Crippen LogP contribution in [0.3, 0.4) is 0 Å². The summed E-state index contributed by atoms with van der Waals surface area (Å²) in [7, 11) is 1.62. The number of rotatable bonds is 5. The molecule has 0 saturated carbocycles. The molecule has 20 heavy (non-hydrogen) atoms. The van der Waals surface area contributed by atoms with Crippen LogP contribution in [0, 0.1) is 0 Å². The first-order chi connectivity index (χ1) is 9.63. The second kappa shape index (κ2) is 6.67. The molecule has 0 aliphatic carbocycles. The van der Waals surface area contributed by atoms with Crippen LogP contribution in [0.4, 0.5) is 5.69 Å². The number of halogens is 1. The molecule has 0 spiro atoms. The maximum Gasteiger partial charge on any atom is 0.137 e. The van der Waals surface area contributed by atoms with Crippen molar-refractivity contribution in [2.24, 2.45) is 0 Å². The fourth-order valence-corrected chi connectivity index (χ4v) is 2.39. The molecule has 0 saturated heterocycles. The van der Waals surface area contributed by atoms with Crippen LogP contribution < -0.4 is 10.1 Å². The van der Waals surface area contributed by atoms with Gasteiger partial charge >= 0.3 is 0 Å². The third kappa shape index (κ3) is 3.45. The first kappa shape index (κ1) is 14.7. The van der Waals surface area contributed by atoms with E-state index in [4.69, 9.17) is 16.3 Å². The molecule has 0 bridgehead atoms. The molecule has 106 valence electrons. The Balaban J connectivity index is 2.10. The van der Waals surface area contributed by atoms with Crippen LogP contribution in [-0.2, 0) is 6.42 Å². The summed E-state index contributed by atoms with van der Waals surface area (Å²) in [6.45, 7) is 4.30. The molecule has 2 aromatic rings. The highest BCUT2D eigenvalue weighted by Crippen LogP contribution is 2.29. The summed E-state index contributed by atoms with van der Waals surface area (Å²) in [6.07, 6.45) is 1.07. The zero-order chi connectivity index (χ0) is 14.5. The Labute approximate surface area is 125 Å². The van der Waals surface area contributed by atoms with Crippen LogP contribution >= 0.6 is 11.6 Å². The predicted octanol–water partition coefficient (Wildman–Crippen LogP) is 5.08. The molecule has 0 aliphatic rings. The quantitative estimate of drug-likeness (QED) is 0.828. The Morgan fingerprint density at radius 3 is 2.40 bits per heavy atom. The molecule has 1 unspecified atom stereocenters. The molecule has 2 rings (SSSR count). The van der Waals surface area contributed by atoms with E-state index in [1.807, 2.05) is 18.2 Å². The SMILES string of the molecule is CCc1ccc(C(C)Nc2ccc(OC)c(Cl)c2)cc1. The van der Waals surface area contributed by atoms with Crippen molar-refractivity contribution in [3.63, 3.8) is 0 Å². The van der Waals surface area contributed by atoms with Gasteiger partial charge < -0.3 is 10.1 Å². The number of benzene rings is 2. The number of nitrogens with one attached hydrogen (secondary N) is 1. The van der Waals surface area contributed by atoms with Crippen molar-refractivity contribution in [1.29, 1.82) is 0 Å². The van der Waals surface area contributed by atoms with Gasteiger partial charge in [-0.25, -0.2) is 0 Å². The van der Waals surface area contributed by atoms with Crippen molar-refractivity contribution in [2.75, 3.05) is 12.4 Å². The zero-order valence-electron chi connectivity index (χ0n) is 12.1. The minimum atomic E-state index is 0.227. The van der Waals surface area contributed by atoms with Crippen LogP contribution in [-0.4, -0.2) is 7.11 Å². The number of aryl methyl sites for hydroxylation is 1. The Morgan fingerprint density at radius 1 is 1.15 bits per heavy atom. The first-order valence-corrected chi connectivity index (χ1v) is 7.20. The van der Waals surface area contributed by atoms with E-state index >= 15 is 0 Å². The molecule has 1 N–H and O–H groups in total. The van der Waals surface area contributed by atoms with Crippen LogP contribution in [0.5, 0.6) is 5.75 Å². The summed E-state index contributed by atoms with van der Waals surface area (Å²) in [5.41, 5.74) is 3.60. The second-order valence-electron chi connectivity index (χ2n) is 4.81. The first-order valence-electron chi connectivity index (χ1n) is 6.83. The summed E-state index contributed by atoms with van der Waals surface area (Å²) < 4.78 is 5.16. The van der Waals surface area contributed by atoms with E-state index in [-0.39, 0.29) is 6.04 Å². The van der Waals surface area contributed by atoms with Crippen molar-refractivity contribution in [3.05, 3.63) is 58.6 Å². The number of ether oxygens (including phenoxy) is 1. The van der Waals surface area contributed by atoms with Gasteiger partial charge in [-0.05, 0) is 42.7 Å². The van der Waals surface area contributed by atoms with Crippen molar-refractivity contribution in [2.45, 2.75) is 26.3 Å². The Morgan fingerprint density at radius 2 is 1.85 bits per heavy atom. The molecule has 1 atom stereocenters. The van der Waals surface area contributed by atoms with Gasteiger partial charge in [0.2, 0.25) is 0 Å². The fourth-order valence-electron chi connectivity index (χ4n) is 2.13. The molecule has 2 aromatic carbocycles. The van der Waals surface area contributed by atoms with Crippen molar-refractivity contribution < 1.29 is 4.74 Å². The Bertz CT molecular complexity index is 566. The molecule has 0 radical (unpaired) electrons. The van der Waals surface area contributed by atoms with Gasteiger partial charge in [-0.1, -0.05) is 42.8 Å². The van der Waals surface area contributed by atoms with Crippen molar-refractivity contribution >= 4 is 17.3 Å². The number of hydrogen-bond acceptors (Lipinski definition) is 2. The number of anilines is 1. The monoisotopic (exact) mass is 289 g/mol. The molecule has 3 heteroatoms. The van der Waals surface area contributed by atoms with E-state index in [0.29, 0.717) is 10.8 Å². The highest BCUT2D eigenvalue weighted by atomic mass is 35.5. The number of hydrogen-bond donors (Lipinski definition) is 1. The van der Waals surface area contributed by atoms with E-state index in [2.05, 4.69) is 43.4 Å². The second-order valence-corrected chi connectivity index (χ2v) is 5.22. The van der Waals surface area contributed by atoms with Crippen LogP contribution in [0.15, 0.2) is 42.5 Å². The minimum Gasteiger partial charge on any atom is -0.495 e. The average Bonchev–Trinajstić information content (AvgIpc) is 2.47. The molecule has 2 nitrogen and oxygen atoms in total. The van der Waals surface area contributed by atoms with Gasteiger partial charge in [-0.2, -0.15) is 0 Å². The van der Waals surface area contributed by atoms with E-state index < -0.39 is 0 Å². The standard InChI is InChI=1S/C17H20ClNO/c1-4-13-5-7-14(8-6-13)12(2)19-15-9-10-17(20-3)16(18)11-15/h5-12,19H,4H2,1-3H3. The Hall–Kier alpha value is -1.67. The van der Waals surface area contributed by atoms with Gasteiger partial charge in [0, 0.05) is 11.7 Å². The van der Waals surface area contributed by atoms with Crippen molar-refractivity contribution in [3.8, 4) is 5.75 Å².